The Morgan fingerprint density at radius 3 is 2.58 bits per heavy atom. The van der Waals surface area contributed by atoms with Gasteiger partial charge in [0.2, 0.25) is 5.91 Å². The number of benzene rings is 1. The summed E-state index contributed by atoms with van der Waals surface area (Å²) in [5.74, 6) is -1.40. The molecule has 1 aliphatic rings. The van der Waals surface area contributed by atoms with Crippen molar-refractivity contribution < 1.29 is 22.4 Å². The first-order valence-corrected chi connectivity index (χ1v) is 6.09. The Morgan fingerprint density at radius 1 is 1.37 bits per heavy atom. The largest absolute Gasteiger partial charge is 0.418 e. The van der Waals surface area contributed by atoms with Gasteiger partial charge in [0.15, 0.2) is 0 Å². The first-order valence-electron chi connectivity index (χ1n) is 5.56. The average Bonchev–Trinajstić information content (AvgIpc) is 2.69. The predicted molar refractivity (Wildman–Crippen MR) is 62.6 cm³/mol. The zero-order valence-corrected chi connectivity index (χ0v) is 10.4. The lowest BCUT2D eigenvalue weighted by atomic mass is 10.1. The van der Waals surface area contributed by atoms with Crippen molar-refractivity contribution in [2.75, 3.05) is 17.3 Å². The van der Waals surface area contributed by atoms with E-state index >= 15 is 0 Å². The number of carbonyl (C=O) groups is 1. The Kier molecular flexibility index (Phi) is 3.71. The van der Waals surface area contributed by atoms with Crippen LogP contribution in [0.4, 0.5) is 23.2 Å². The fraction of sp³-hybridized carbons (Fsp3) is 0.417. The van der Waals surface area contributed by atoms with Gasteiger partial charge in [0.25, 0.3) is 0 Å². The molecule has 19 heavy (non-hydrogen) atoms. The van der Waals surface area contributed by atoms with E-state index in [2.05, 4.69) is 0 Å². The lowest BCUT2D eigenvalue weighted by Crippen LogP contribution is -2.27. The molecule has 0 spiro atoms. The van der Waals surface area contributed by atoms with E-state index in [1.165, 1.54) is 0 Å². The van der Waals surface area contributed by atoms with Gasteiger partial charge in [-0.15, -0.1) is 11.6 Å². The van der Waals surface area contributed by atoms with Crippen LogP contribution in [-0.2, 0) is 11.0 Å². The Balaban J connectivity index is 2.43. The summed E-state index contributed by atoms with van der Waals surface area (Å²) in [7, 11) is 0. The molecule has 0 bridgehead atoms. The first-order chi connectivity index (χ1) is 8.82. The molecule has 1 amide bonds. The van der Waals surface area contributed by atoms with Gasteiger partial charge in [-0.3, -0.25) is 4.79 Å². The summed E-state index contributed by atoms with van der Waals surface area (Å²) in [5.41, 5.74) is -1.46. The summed E-state index contributed by atoms with van der Waals surface area (Å²) >= 11 is 5.62. The zero-order chi connectivity index (χ0) is 14.2. The van der Waals surface area contributed by atoms with Gasteiger partial charge in [0.05, 0.1) is 11.3 Å². The van der Waals surface area contributed by atoms with Gasteiger partial charge in [0.1, 0.15) is 5.82 Å². The van der Waals surface area contributed by atoms with E-state index in [0.717, 1.165) is 17.0 Å². The molecule has 0 radical (unpaired) electrons. The van der Waals surface area contributed by atoms with Crippen LogP contribution in [0.2, 0.25) is 0 Å². The Hall–Kier alpha value is -1.30. The Morgan fingerprint density at radius 2 is 2.05 bits per heavy atom. The maximum absolute atomic E-state index is 13.0. The number of carbonyl (C=O) groups excluding carboxylic acids is 1. The molecule has 1 aromatic carbocycles. The van der Waals surface area contributed by atoms with Crippen LogP contribution in [0.15, 0.2) is 18.2 Å². The Bertz CT molecular complexity index is 503. The standard InChI is InChI=1S/C12H10ClF4NO/c13-5-7-3-11(19)18(6-7)10-2-1-8(14)4-9(10)12(15,16)17/h1-2,4,7H,3,5-6H2. The molecule has 0 saturated carbocycles. The maximum Gasteiger partial charge on any atom is 0.418 e. The molecule has 1 aromatic rings. The lowest BCUT2D eigenvalue weighted by molar-refractivity contribution is -0.137. The topological polar surface area (TPSA) is 20.3 Å². The summed E-state index contributed by atoms with van der Waals surface area (Å²) in [4.78, 5) is 12.7. The minimum atomic E-state index is -4.71. The van der Waals surface area contributed by atoms with E-state index in [9.17, 15) is 22.4 Å². The highest BCUT2D eigenvalue weighted by atomic mass is 35.5. The van der Waals surface area contributed by atoms with Crippen LogP contribution in [-0.4, -0.2) is 18.3 Å². The molecular weight excluding hydrogens is 286 g/mol. The van der Waals surface area contributed by atoms with Crippen molar-refractivity contribution in [2.45, 2.75) is 12.6 Å². The van der Waals surface area contributed by atoms with Gasteiger partial charge in [-0.05, 0) is 24.1 Å². The number of nitrogens with zero attached hydrogens (tertiary/aromatic N) is 1. The van der Waals surface area contributed by atoms with Gasteiger partial charge in [0, 0.05) is 18.8 Å². The van der Waals surface area contributed by atoms with Crippen LogP contribution in [0.1, 0.15) is 12.0 Å². The molecule has 2 rings (SSSR count). The highest BCUT2D eigenvalue weighted by molar-refractivity contribution is 6.18. The molecule has 104 valence electrons. The number of halogens is 5. The third-order valence-electron chi connectivity index (χ3n) is 2.98. The molecule has 1 fully saturated rings. The van der Waals surface area contributed by atoms with Crippen molar-refractivity contribution >= 4 is 23.2 Å². The normalized spacial score (nSPS) is 20.2. The van der Waals surface area contributed by atoms with E-state index in [1.807, 2.05) is 0 Å². The fourth-order valence-corrected chi connectivity index (χ4v) is 2.30. The molecule has 0 aliphatic carbocycles. The van der Waals surface area contributed by atoms with Gasteiger partial charge in [-0.25, -0.2) is 4.39 Å². The molecule has 1 heterocycles. The van der Waals surface area contributed by atoms with E-state index < -0.39 is 23.5 Å². The van der Waals surface area contributed by atoms with E-state index in [1.54, 1.807) is 0 Å². The van der Waals surface area contributed by atoms with Crippen LogP contribution in [0.25, 0.3) is 0 Å². The van der Waals surface area contributed by atoms with Crippen molar-refractivity contribution in [3.63, 3.8) is 0 Å². The van der Waals surface area contributed by atoms with Crippen LogP contribution in [0, 0.1) is 11.7 Å². The van der Waals surface area contributed by atoms with Gasteiger partial charge in [-0.2, -0.15) is 13.2 Å². The molecule has 1 atom stereocenters. The monoisotopic (exact) mass is 295 g/mol. The molecule has 2 nitrogen and oxygen atoms in total. The molecule has 1 saturated heterocycles. The van der Waals surface area contributed by atoms with Crippen molar-refractivity contribution in [1.29, 1.82) is 0 Å². The third kappa shape index (κ3) is 2.83. The summed E-state index contributed by atoms with van der Waals surface area (Å²) < 4.78 is 51.6. The van der Waals surface area contributed by atoms with E-state index in [4.69, 9.17) is 11.6 Å². The highest BCUT2D eigenvalue weighted by Crippen LogP contribution is 2.39. The number of anilines is 1. The van der Waals surface area contributed by atoms with E-state index in [-0.39, 0.29) is 30.5 Å². The zero-order valence-electron chi connectivity index (χ0n) is 9.68. The number of hydrogen-bond donors (Lipinski definition) is 0. The molecule has 0 N–H and O–H groups in total. The van der Waals surface area contributed by atoms with Crippen LogP contribution < -0.4 is 4.90 Å². The van der Waals surface area contributed by atoms with Crippen molar-refractivity contribution in [1.82, 2.24) is 0 Å². The van der Waals surface area contributed by atoms with Crippen LogP contribution in [0.3, 0.4) is 0 Å². The van der Waals surface area contributed by atoms with Gasteiger partial charge >= 0.3 is 6.18 Å². The van der Waals surface area contributed by atoms with Crippen molar-refractivity contribution in [2.24, 2.45) is 5.92 Å². The third-order valence-corrected chi connectivity index (χ3v) is 3.41. The molecule has 0 aromatic heterocycles. The minimum Gasteiger partial charge on any atom is -0.311 e. The maximum atomic E-state index is 13.0. The first kappa shape index (κ1) is 14.1. The second kappa shape index (κ2) is 5.00. The van der Waals surface area contributed by atoms with Gasteiger partial charge < -0.3 is 4.90 Å². The highest BCUT2D eigenvalue weighted by Gasteiger charge is 2.39. The SMILES string of the molecule is O=C1CC(CCl)CN1c1ccc(F)cc1C(F)(F)F. The summed E-state index contributed by atoms with van der Waals surface area (Å²) in [6.07, 6.45) is -4.60. The van der Waals surface area contributed by atoms with E-state index in [0.29, 0.717) is 6.07 Å². The molecule has 1 aliphatic heterocycles. The minimum absolute atomic E-state index is 0.109. The van der Waals surface area contributed by atoms with Crippen molar-refractivity contribution in [3.05, 3.63) is 29.6 Å². The van der Waals surface area contributed by atoms with Crippen LogP contribution >= 0.6 is 11.6 Å². The molecule has 1 unspecified atom stereocenters. The quantitative estimate of drug-likeness (QED) is 0.604. The molecule has 7 heteroatoms. The predicted octanol–water partition coefficient (Wildman–Crippen LogP) is 3.44. The smallest absolute Gasteiger partial charge is 0.311 e. The number of hydrogen-bond acceptors (Lipinski definition) is 1. The molecular formula is C12H10ClF4NO. The number of rotatable bonds is 2. The van der Waals surface area contributed by atoms with Crippen molar-refractivity contribution in [3.8, 4) is 0 Å². The number of amides is 1. The van der Waals surface area contributed by atoms with Gasteiger partial charge in [-0.1, -0.05) is 0 Å². The summed E-state index contributed by atoms with van der Waals surface area (Å²) in [5, 5.41) is 0. The summed E-state index contributed by atoms with van der Waals surface area (Å²) in [6.45, 7) is 0.122. The second-order valence-electron chi connectivity index (χ2n) is 4.39. The lowest BCUT2D eigenvalue weighted by Gasteiger charge is -2.21. The Labute approximate surface area is 112 Å². The fourth-order valence-electron chi connectivity index (χ4n) is 2.09. The summed E-state index contributed by atoms with van der Waals surface area (Å²) in [6, 6.07) is 2.29. The average molecular weight is 296 g/mol. The second-order valence-corrected chi connectivity index (χ2v) is 4.70. The number of alkyl halides is 4. The van der Waals surface area contributed by atoms with Crippen LogP contribution in [0.5, 0.6) is 0 Å².